The number of nitrogens with zero attached hydrogens (tertiary/aromatic N) is 1. The van der Waals surface area contributed by atoms with Crippen molar-refractivity contribution in [2.24, 2.45) is 0 Å². The largest absolute Gasteiger partial charge is 0.493 e. The molecule has 0 saturated carbocycles. The normalized spacial score (nSPS) is 10.0. The van der Waals surface area contributed by atoms with Crippen molar-refractivity contribution in [2.45, 2.75) is 19.5 Å². The monoisotopic (exact) mass is 343 g/mol. The summed E-state index contributed by atoms with van der Waals surface area (Å²) in [5.74, 6) is 0.529. The Hall–Kier alpha value is -3.09. The van der Waals surface area contributed by atoms with Gasteiger partial charge in [0, 0.05) is 25.5 Å². The van der Waals surface area contributed by atoms with E-state index in [1.54, 1.807) is 50.9 Å². The minimum atomic E-state index is -0.345. The van der Waals surface area contributed by atoms with Crippen molar-refractivity contribution in [3.63, 3.8) is 0 Å². The fourth-order valence-corrected chi connectivity index (χ4v) is 2.16. The number of nitrogens with one attached hydrogen (secondary N) is 2. The van der Waals surface area contributed by atoms with E-state index in [4.69, 9.17) is 9.47 Å². The Labute approximate surface area is 146 Å². The molecule has 0 aliphatic heterocycles. The molecule has 0 radical (unpaired) electrons. The summed E-state index contributed by atoms with van der Waals surface area (Å²) >= 11 is 0. The third kappa shape index (κ3) is 5.80. The maximum atomic E-state index is 11.9. The molecule has 0 aliphatic rings. The lowest BCUT2D eigenvalue weighted by atomic mass is 10.2. The molecule has 7 nitrogen and oxygen atoms in total. The Bertz CT molecular complexity index is 720. The van der Waals surface area contributed by atoms with Crippen molar-refractivity contribution in [1.29, 1.82) is 0 Å². The van der Waals surface area contributed by atoms with E-state index in [0.717, 1.165) is 11.1 Å². The average molecular weight is 343 g/mol. The van der Waals surface area contributed by atoms with Gasteiger partial charge in [0.1, 0.15) is 6.42 Å². The Morgan fingerprint density at radius 2 is 1.48 bits per heavy atom. The molecule has 2 N–H and O–H groups in total. The predicted octanol–water partition coefficient (Wildman–Crippen LogP) is 1.42. The number of benzene rings is 1. The highest BCUT2D eigenvalue weighted by atomic mass is 16.5. The van der Waals surface area contributed by atoms with Gasteiger partial charge in [-0.15, -0.1) is 0 Å². The molecule has 1 heterocycles. The van der Waals surface area contributed by atoms with Crippen molar-refractivity contribution in [1.82, 2.24) is 15.6 Å². The highest BCUT2D eigenvalue weighted by Gasteiger charge is 2.10. The maximum absolute atomic E-state index is 11.9. The molecule has 0 spiro atoms. The quantitative estimate of drug-likeness (QED) is 0.708. The van der Waals surface area contributed by atoms with Crippen molar-refractivity contribution < 1.29 is 19.1 Å². The van der Waals surface area contributed by atoms with Gasteiger partial charge in [0.2, 0.25) is 11.8 Å². The molecule has 1 aromatic carbocycles. The SMILES string of the molecule is COc1ccc(CNC(=O)CC(=O)NCc2ccncc2)cc1OC. The van der Waals surface area contributed by atoms with E-state index in [1.807, 2.05) is 6.07 Å². The summed E-state index contributed by atoms with van der Waals surface area (Å²) in [5, 5.41) is 5.41. The summed E-state index contributed by atoms with van der Waals surface area (Å²) in [6.45, 7) is 0.668. The van der Waals surface area contributed by atoms with Crippen molar-refractivity contribution in [3.05, 3.63) is 53.9 Å². The van der Waals surface area contributed by atoms with E-state index < -0.39 is 0 Å². The summed E-state index contributed by atoms with van der Waals surface area (Å²) in [4.78, 5) is 27.6. The third-order valence-electron chi connectivity index (χ3n) is 3.50. The van der Waals surface area contributed by atoms with Gasteiger partial charge in [0.05, 0.1) is 14.2 Å². The second-order valence-corrected chi connectivity index (χ2v) is 5.28. The van der Waals surface area contributed by atoms with E-state index in [2.05, 4.69) is 15.6 Å². The van der Waals surface area contributed by atoms with Crippen LogP contribution >= 0.6 is 0 Å². The maximum Gasteiger partial charge on any atom is 0.229 e. The molecular weight excluding hydrogens is 322 g/mol. The lowest BCUT2D eigenvalue weighted by Crippen LogP contribution is -2.31. The summed E-state index contributed by atoms with van der Waals surface area (Å²) in [6, 6.07) is 8.98. The van der Waals surface area contributed by atoms with Crippen LogP contribution in [0.5, 0.6) is 11.5 Å². The molecule has 0 saturated heterocycles. The van der Waals surface area contributed by atoms with Gasteiger partial charge in [-0.1, -0.05) is 6.07 Å². The molecule has 2 aromatic rings. The topological polar surface area (TPSA) is 89.5 Å². The number of methoxy groups -OCH3 is 2. The Balaban J connectivity index is 1.77. The number of rotatable bonds is 8. The first-order valence-electron chi connectivity index (χ1n) is 7.75. The van der Waals surface area contributed by atoms with Gasteiger partial charge in [0.25, 0.3) is 0 Å². The van der Waals surface area contributed by atoms with Crippen LogP contribution in [-0.2, 0) is 22.7 Å². The molecule has 0 aliphatic carbocycles. The Morgan fingerprint density at radius 3 is 2.08 bits per heavy atom. The Kier molecular flexibility index (Phi) is 6.76. The number of aromatic nitrogens is 1. The first-order valence-corrected chi connectivity index (χ1v) is 7.75. The van der Waals surface area contributed by atoms with Crippen LogP contribution in [-0.4, -0.2) is 31.0 Å². The van der Waals surface area contributed by atoms with Gasteiger partial charge < -0.3 is 20.1 Å². The molecule has 132 valence electrons. The van der Waals surface area contributed by atoms with Gasteiger partial charge >= 0.3 is 0 Å². The molecule has 2 rings (SSSR count). The Morgan fingerprint density at radius 1 is 0.880 bits per heavy atom. The van der Waals surface area contributed by atoms with Gasteiger partial charge in [-0.2, -0.15) is 0 Å². The molecule has 0 atom stereocenters. The molecule has 7 heteroatoms. The number of hydrogen-bond donors (Lipinski definition) is 2. The summed E-state index contributed by atoms with van der Waals surface area (Å²) in [5.41, 5.74) is 1.78. The summed E-state index contributed by atoms with van der Waals surface area (Å²) in [6.07, 6.45) is 3.08. The van der Waals surface area contributed by atoms with E-state index >= 15 is 0 Å². The van der Waals surface area contributed by atoms with E-state index in [0.29, 0.717) is 24.6 Å². The van der Waals surface area contributed by atoms with Crippen LogP contribution in [0, 0.1) is 0 Å². The van der Waals surface area contributed by atoms with Crippen molar-refractivity contribution in [2.75, 3.05) is 14.2 Å². The van der Waals surface area contributed by atoms with E-state index in [9.17, 15) is 9.59 Å². The first-order chi connectivity index (χ1) is 12.1. The fourth-order valence-electron chi connectivity index (χ4n) is 2.16. The lowest BCUT2D eigenvalue weighted by Gasteiger charge is -2.10. The second-order valence-electron chi connectivity index (χ2n) is 5.28. The first kappa shape index (κ1) is 18.3. The number of carbonyl (C=O) groups excluding carboxylic acids is 2. The fraction of sp³-hybridized carbons (Fsp3) is 0.278. The second kappa shape index (κ2) is 9.27. The van der Waals surface area contributed by atoms with Crippen LogP contribution in [0.1, 0.15) is 17.5 Å². The van der Waals surface area contributed by atoms with Crippen LogP contribution in [0.4, 0.5) is 0 Å². The van der Waals surface area contributed by atoms with Crippen LogP contribution in [0.2, 0.25) is 0 Å². The number of ether oxygens (including phenoxy) is 2. The molecule has 1 aromatic heterocycles. The van der Waals surface area contributed by atoms with Gasteiger partial charge in [-0.05, 0) is 35.4 Å². The highest BCUT2D eigenvalue weighted by Crippen LogP contribution is 2.27. The predicted molar refractivity (Wildman–Crippen MR) is 92.1 cm³/mol. The van der Waals surface area contributed by atoms with Crippen LogP contribution < -0.4 is 20.1 Å². The zero-order valence-corrected chi connectivity index (χ0v) is 14.2. The smallest absolute Gasteiger partial charge is 0.229 e. The van der Waals surface area contributed by atoms with Crippen LogP contribution in [0.3, 0.4) is 0 Å². The number of pyridine rings is 1. The number of amides is 2. The third-order valence-corrected chi connectivity index (χ3v) is 3.50. The number of hydrogen-bond acceptors (Lipinski definition) is 5. The van der Waals surface area contributed by atoms with E-state index in [1.165, 1.54) is 0 Å². The van der Waals surface area contributed by atoms with Gasteiger partial charge in [-0.3, -0.25) is 14.6 Å². The molecule has 2 amide bonds. The van der Waals surface area contributed by atoms with Crippen molar-refractivity contribution in [3.8, 4) is 11.5 Å². The minimum absolute atomic E-state index is 0.224. The lowest BCUT2D eigenvalue weighted by molar-refractivity contribution is -0.129. The zero-order valence-electron chi connectivity index (χ0n) is 14.2. The summed E-state index contributed by atoms with van der Waals surface area (Å²) in [7, 11) is 3.11. The van der Waals surface area contributed by atoms with Crippen LogP contribution in [0.15, 0.2) is 42.7 Å². The molecule has 0 fully saturated rings. The average Bonchev–Trinajstić information content (AvgIpc) is 2.65. The molecule has 0 bridgehead atoms. The van der Waals surface area contributed by atoms with Gasteiger partial charge in [0.15, 0.2) is 11.5 Å². The standard InChI is InChI=1S/C18H21N3O4/c1-24-15-4-3-14(9-16(15)25-2)12-21-18(23)10-17(22)20-11-13-5-7-19-8-6-13/h3-9H,10-12H2,1-2H3,(H,20,22)(H,21,23). The molecule has 25 heavy (non-hydrogen) atoms. The van der Waals surface area contributed by atoms with Crippen molar-refractivity contribution >= 4 is 11.8 Å². The zero-order chi connectivity index (χ0) is 18.1. The highest BCUT2D eigenvalue weighted by molar-refractivity contribution is 5.96. The van der Waals surface area contributed by atoms with E-state index in [-0.39, 0.29) is 18.2 Å². The summed E-state index contributed by atoms with van der Waals surface area (Å²) < 4.78 is 10.4. The molecule has 0 unspecified atom stereocenters. The minimum Gasteiger partial charge on any atom is -0.493 e. The van der Waals surface area contributed by atoms with Crippen LogP contribution in [0.25, 0.3) is 0 Å². The number of carbonyl (C=O) groups is 2. The molecular formula is C18H21N3O4. The van der Waals surface area contributed by atoms with Gasteiger partial charge in [-0.25, -0.2) is 0 Å².